The summed E-state index contributed by atoms with van der Waals surface area (Å²) in [5, 5.41) is 10.2. The van der Waals surface area contributed by atoms with E-state index in [-0.39, 0.29) is 6.04 Å². The second-order valence-corrected chi connectivity index (χ2v) is 5.03. The molecule has 92 valence electrons. The van der Waals surface area contributed by atoms with E-state index in [1.165, 1.54) is 0 Å². The highest BCUT2D eigenvalue weighted by molar-refractivity contribution is 5.68. The van der Waals surface area contributed by atoms with E-state index in [4.69, 9.17) is 5.73 Å². The van der Waals surface area contributed by atoms with Crippen LogP contribution in [0, 0.1) is 0 Å². The molecule has 18 heavy (non-hydrogen) atoms. The van der Waals surface area contributed by atoms with Crippen molar-refractivity contribution in [2.45, 2.75) is 24.5 Å². The van der Waals surface area contributed by atoms with Crippen LogP contribution in [0.25, 0.3) is 11.1 Å². The van der Waals surface area contributed by atoms with Crippen LogP contribution in [0.4, 0.5) is 0 Å². The summed E-state index contributed by atoms with van der Waals surface area (Å²) in [6.45, 7) is 0. The first kappa shape index (κ1) is 11.5. The molecule has 0 aliphatic heterocycles. The average molecular weight is 239 g/mol. The van der Waals surface area contributed by atoms with Gasteiger partial charge in [0.25, 0.3) is 0 Å². The van der Waals surface area contributed by atoms with E-state index < -0.39 is 5.60 Å². The lowest BCUT2D eigenvalue weighted by Crippen LogP contribution is -2.28. The lowest BCUT2D eigenvalue weighted by Gasteiger charge is -2.21. The van der Waals surface area contributed by atoms with Crippen LogP contribution in [0.3, 0.4) is 0 Å². The van der Waals surface area contributed by atoms with Crippen LogP contribution in [0.15, 0.2) is 54.6 Å². The Morgan fingerprint density at radius 3 is 2.22 bits per heavy atom. The number of benzene rings is 2. The van der Waals surface area contributed by atoms with Crippen LogP contribution >= 0.6 is 0 Å². The topological polar surface area (TPSA) is 46.2 Å². The number of aliphatic hydroxyl groups is 1. The van der Waals surface area contributed by atoms with Crippen LogP contribution in [-0.2, 0) is 0 Å². The molecule has 0 spiro atoms. The summed E-state index contributed by atoms with van der Waals surface area (Å²) in [6.07, 6.45) is 1.61. The number of rotatable bonds is 3. The summed E-state index contributed by atoms with van der Waals surface area (Å²) >= 11 is 0. The molecule has 1 aliphatic rings. The molecule has 1 fully saturated rings. The molecule has 0 radical (unpaired) electrons. The van der Waals surface area contributed by atoms with Crippen molar-refractivity contribution in [3.05, 3.63) is 60.2 Å². The van der Waals surface area contributed by atoms with Crippen LogP contribution < -0.4 is 5.73 Å². The van der Waals surface area contributed by atoms with E-state index in [0.29, 0.717) is 0 Å². The van der Waals surface area contributed by atoms with Gasteiger partial charge in [-0.2, -0.15) is 0 Å². The third-order valence-corrected chi connectivity index (χ3v) is 3.72. The lowest BCUT2D eigenvalue weighted by atomic mass is 9.92. The van der Waals surface area contributed by atoms with Gasteiger partial charge in [-0.1, -0.05) is 54.6 Å². The summed E-state index contributed by atoms with van der Waals surface area (Å²) in [6, 6.07) is 18.0. The molecule has 1 aliphatic carbocycles. The maximum atomic E-state index is 10.2. The Bertz CT molecular complexity index is 546. The summed E-state index contributed by atoms with van der Waals surface area (Å²) in [4.78, 5) is 0. The molecule has 1 saturated carbocycles. The van der Waals surface area contributed by atoms with Crippen LogP contribution in [-0.4, -0.2) is 10.7 Å². The maximum absolute atomic E-state index is 10.2. The molecule has 2 heteroatoms. The largest absolute Gasteiger partial charge is 0.388 e. The minimum absolute atomic E-state index is 0.297. The Morgan fingerprint density at radius 2 is 1.56 bits per heavy atom. The molecule has 2 aromatic rings. The molecule has 2 nitrogen and oxygen atoms in total. The van der Waals surface area contributed by atoms with Gasteiger partial charge >= 0.3 is 0 Å². The minimum atomic E-state index is -0.690. The van der Waals surface area contributed by atoms with Crippen LogP contribution in [0.5, 0.6) is 0 Å². The molecular weight excluding hydrogens is 222 g/mol. The zero-order chi connectivity index (χ0) is 12.6. The quantitative estimate of drug-likeness (QED) is 0.865. The van der Waals surface area contributed by atoms with Gasteiger partial charge in [0.05, 0.1) is 11.6 Å². The van der Waals surface area contributed by atoms with Crippen molar-refractivity contribution in [3.8, 4) is 11.1 Å². The predicted molar refractivity (Wildman–Crippen MR) is 73.0 cm³/mol. The second kappa shape index (κ2) is 4.23. The van der Waals surface area contributed by atoms with Gasteiger partial charge in [0.2, 0.25) is 0 Å². The molecule has 1 unspecified atom stereocenters. The molecule has 2 aromatic carbocycles. The van der Waals surface area contributed by atoms with E-state index >= 15 is 0 Å². The number of nitrogens with two attached hydrogens (primary N) is 1. The smallest absolute Gasteiger partial charge is 0.0841 e. The Hall–Kier alpha value is -1.64. The van der Waals surface area contributed by atoms with E-state index in [2.05, 4.69) is 18.2 Å². The van der Waals surface area contributed by atoms with E-state index in [0.717, 1.165) is 29.5 Å². The highest BCUT2D eigenvalue weighted by Crippen LogP contribution is 2.46. The molecule has 0 aromatic heterocycles. The molecular formula is C16H17NO. The zero-order valence-corrected chi connectivity index (χ0v) is 10.2. The fourth-order valence-corrected chi connectivity index (χ4v) is 2.38. The highest BCUT2D eigenvalue weighted by Gasteiger charge is 2.47. The third kappa shape index (κ3) is 1.94. The van der Waals surface area contributed by atoms with Crippen molar-refractivity contribution < 1.29 is 5.11 Å². The summed E-state index contributed by atoms with van der Waals surface area (Å²) in [7, 11) is 0. The Labute approximate surface area is 107 Å². The van der Waals surface area contributed by atoms with E-state index in [1.54, 1.807) is 0 Å². The van der Waals surface area contributed by atoms with Crippen molar-refractivity contribution in [2.24, 2.45) is 5.73 Å². The van der Waals surface area contributed by atoms with Gasteiger partial charge in [0.1, 0.15) is 0 Å². The molecule has 0 saturated heterocycles. The van der Waals surface area contributed by atoms with Crippen molar-refractivity contribution in [3.63, 3.8) is 0 Å². The third-order valence-electron chi connectivity index (χ3n) is 3.72. The zero-order valence-electron chi connectivity index (χ0n) is 10.2. The van der Waals surface area contributed by atoms with Gasteiger partial charge in [-0.3, -0.25) is 0 Å². The highest BCUT2D eigenvalue weighted by atomic mass is 16.3. The predicted octanol–water partition coefficient (Wildman–Crippen LogP) is 2.88. The van der Waals surface area contributed by atoms with Gasteiger partial charge in [0.15, 0.2) is 0 Å². The Kier molecular flexibility index (Phi) is 2.69. The van der Waals surface area contributed by atoms with Crippen molar-refractivity contribution >= 4 is 0 Å². The first-order valence-electron chi connectivity index (χ1n) is 6.33. The van der Waals surface area contributed by atoms with E-state index in [9.17, 15) is 5.11 Å². The monoisotopic (exact) mass is 239 g/mol. The van der Waals surface area contributed by atoms with Gasteiger partial charge in [-0.25, -0.2) is 0 Å². The fraction of sp³-hybridized carbons (Fsp3) is 0.250. The van der Waals surface area contributed by atoms with E-state index in [1.807, 2.05) is 36.4 Å². The summed E-state index contributed by atoms with van der Waals surface area (Å²) in [5.74, 6) is 0. The molecule has 3 rings (SSSR count). The molecule has 0 heterocycles. The average Bonchev–Trinajstić information content (AvgIpc) is 3.18. The van der Waals surface area contributed by atoms with Crippen LogP contribution in [0.1, 0.15) is 24.4 Å². The number of hydrogen-bond donors (Lipinski definition) is 2. The fourth-order valence-electron chi connectivity index (χ4n) is 2.38. The SMILES string of the molecule is NC(c1ccccc1-c1ccccc1)C1(O)CC1. The first-order valence-corrected chi connectivity index (χ1v) is 6.33. The standard InChI is InChI=1S/C16H17NO/c17-15(16(18)10-11-16)14-9-5-4-8-13(14)12-6-2-1-3-7-12/h1-9,15,18H,10-11,17H2. The van der Waals surface area contributed by atoms with Gasteiger partial charge in [0, 0.05) is 0 Å². The van der Waals surface area contributed by atoms with Crippen molar-refractivity contribution in [1.29, 1.82) is 0 Å². The molecule has 0 bridgehead atoms. The summed E-state index contributed by atoms with van der Waals surface area (Å²) in [5.41, 5.74) is 8.83. The Morgan fingerprint density at radius 1 is 0.944 bits per heavy atom. The molecule has 3 N–H and O–H groups in total. The van der Waals surface area contributed by atoms with Gasteiger partial charge in [-0.15, -0.1) is 0 Å². The maximum Gasteiger partial charge on any atom is 0.0841 e. The lowest BCUT2D eigenvalue weighted by molar-refractivity contribution is 0.120. The second-order valence-electron chi connectivity index (χ2n) is 5.03. The van der Waals surface area contributed by atoms with Gasteiger partial charge < -0.3 is 10.8 Å². The summed E-state index contributed by atoms with van der Waals surface area (Å²) < 4.78 is 0. The number of hydrogen-bond acceptors (Lipinski definition) is 2. The van der Waals surface area contributed by atoms with Crippen LogP contribution in [0.2, 0.25) is 0 Å². The van der Waals surface area contributed by atoms with Crippen molar-refractivity contribution in [2.75, 3.05) is 0 Å². The van der Waals surface area contributed by atoms with Crippen molar-refractivity contribution in [1.82, 2.24) is 0 Å². The Balaban J connectivity index is 2.05. The molecule has 0 amide bonds. The molecule has 1 atom stereocenters. The normalized spacial score (nSPS) is 18.3. The minimum Gasteiger partial charge on any atom is -0.388 e. The first-order chi connectivity index (χ1) is 8.71. The van der Waals surface area contributed by atoms with Gasteiger partial charge in [-0.05, 0) is 29.5 Å².